The summed E-state index contributed by atoms with van der Waals surface area (Å²) >= 11 is 0. The second-order valence-corrected chi connectivity index (χ2v) is 3.38. The Labute approximate surface area is 126 Å². The Morgan fingerprint density at radius 2 is 1.80 bits per heavy atom. The van der Waals surface area contributed by atoms with Gasteiger partial charge in [-0.05, 0) is 45.2 Å². The molecule has 0 saturated heterocycles. The molecule has 116 valence electrons. The average molecular weight is 279 g/mol. The summed E-state index contributed by atoms with van der Waals surface area (Å²) in [5.41, 5.74) is 12.2. The summed E-state index contributed by atoms with van der Waals surface area (Å²) in [6.07, 6.45) is 12.5. The van der Waals surface area contributed by atoms with Crippen molar-refractivity contribution in [3.8, 4) is 12.3 Å². The Kier molecular flexibility index (Phi) is 40.3. The molecular weight excluding hydrogens is 246 g/mol. The molecular formula is C17H33N3. The maximum absolute atomic E-state index is 5.08. The summed E-state index contributed by atoms with van der Waals surface area (Å²) in [6, 6.07) is 0. The normalized spacial score (nSPS) is 8.55. The SMILES string of the molecule is C#CC=C.C/C=C(C)\C=C/N.C=C(CC)NC.CCN. The van der Waals surface area contributed by atoms with Crippen LogP contribution in [0, 0.1) is 12.3 Å². The Morgan fingerprint density at radius 3 is 1.85 bits per heavy atom. The third-order valence-electron chi connectivity index (χ3n) is 1.71. The summed E-state index contributed by atoms with van der Waals surface area (Å²) in [6.45, 7) is 15.6. The van der Waals surface area contributed by atoms with Crippen LogP contribution in [-0.4, -0.2) is 13.6 Å². The van der Waals surface area contributed by atoms with Crippen LogP contribution in [0.2, 0.25) is 0 Å². The molecule has 0 radical (unpaired) electrons. The number of nitrogens with one attached hydrogen (secondary N) is 1. The topological polar surface area (TPSA) is 64.1 Å². The first-order valence-corrected chi connectivity index (χ1v) is 6.59. The van der Waals surface area contributed by atoms with Gasteiger partial charge in [-0.1, -0.05) is 44.6 Å². The van der Waals surface area contributed by atoms with Gasteiger partial charge in [0.2, 0.25) is 0 Å². The molecule has 3 nitrogen and oxygen atoms in total. The van der Waals surface area contributed by atoms with Crippen LogP contribution in [0.5, 0.6) is 0 Å². The van der Waals surface area contributed by atoms with E-state index in [1.54, 1.807) is 0 Å². The standard InChI is InChI=1S/C6H11N.C5H11N.C4H4.C2H7N/c1-3-6(2)4-5-7;1-4-5(2)6-3;1-3-4-2;1-2-3/h3-5H,7H2,1-2H3;6H,2,4H2,1,3H3;1,4H,2H2;2-3H2,1H3/b5-4-,6-3-;;;. The molecule has 0 amide bonds. The number of rotatable bonds is 3. The fraction of sp³-hybridized carbons (Fsp3) is 0.412. The van der Waals surface area contributed by atoms with Gasteiger partial charge in [0.1, 0.15) is 0 Å². The first-order valence-electron chi connectivity index (χ1n) is 6.59. The molecule has 20 heavy (non-hydrogen) atoms. The molecule has 5 N–H and O–H groups in total. The lowest BCUT2D eigenvalue weighted by atomic mass is 10.3. The highest BCUT2D eigenvalue weighted by atomic mass is 14.8. The second kappa shape index (κ2) is 30.3. The molecule has 0 fully saturated rings. The molecule has 0 heterocycles. The molecule has 0 unspecified atom stereocenters. The highest BCUT2D eigenvalue weighted by Crippen LogP contribution is 1.89. The van der Waals surface area contributed by atoms with E-state index in [1.165, 1.54) is 17.8 Å². The van der Waals surface area contributed by atoms with Crippen LogP contribution < -0.4 is 16.8 Å². The van der Waals surface area contributed by atoms with E-state index in [2.05, 4.69) is 37.7 Å². The molecule has 0 aliphatic rings. The molecule has 0 saturated carbocycles. The summed E-state index contributed by atoms with van der Waals surface area (Å²) in [5.74, 6) is 2.19. The van der Waals surface area contributed by atoms with Crippen molar-refractivity contribution in [3.05, 3.63) is 48.9 Å². The van der Waals surface area contributed by atoms with E-state index in [9.17, 15) is 0 Å². The highest BCUT2D eigenvalue weighted by molar-refractivity contribution is 5.13. The Hall–Kier alpha value is -1.92. The van der Waals surface area contributed by atoms with Gasteiger partial charge in [-0.25, -0.2) is 0 Å². The number of hydrogen-bond donors (Lipinski definition) is 3. The number of allylic oxidation sites excluding steroid dienone is 5. The molecule has 0 bridgehead atoms. The van der Waals surface area contributed by atoms with Crippen molar-refractivity contribution in [2.75, 3.05) is 13.6 Å². The predicted octanol–water partition coefficient (Wildman–Crippen LogP) is 3.33. The minimum absolute atomic E-state index is 0.750. The highest BCUT2D eigenvalue weighted by Gasteiger charge is 1.75. The third kappa shape index (κ3) is 56.0. The van der Waals surface area contributed by atoms with E-state index >= 15 is 0 Å². The maximum Gasteiger partial charge on any atom is 0.00300 e. The zero-order chi connectivity index (χ0) is 16.8. The monoisotopic (exact) mass is 279 g/mol. The van der Waals surface area contributed by atoms with Crippen LogP contribution in [-0.2, 0) is 0 Å². The third-order valence-corrected chi connectivity index (χ3v) is 1.71. The lowest BCUT2D eigenvalue weighted by molar-refractivity contribution is 0.908. The fourth-order valence-corrected chi connectivity index (χ4v) is 0.425. The average Bonchev–Trinajstić information content (AvgIpc) is 2.48. The summed E-state index contributed by atoms with van der Waals surface area (Å²) in [7, 11) is 1.88. The molecule has 0 aromatic heterocycles. The molecule has 0 aliphatic carbocycles. The van der Waals surface area contributed by atoms with Gasteiger partial charge < -0.3 is 16.8 Å². The minimum atomic E-state index is 0.750. The van der Waals surface area contributed by atoms with Gasteiger partial charge >= 0.3 is 0 Å². The first-order chi connectivity index (χ1) is 9.44. The van der Waals surface area contributed by atoms with E-state index in [1.807, 2.05) is 40.0 Å². The van der Waals surface area contributed by atoms with Crippen molar-refractivity contribution in [2.24, 2.45) is 11.5 Å². The zero-order valence-corrected chi connectivity index (χ0v) is 13.9. The van der Waals surface area contributed by atoms with Crippen molar-refractivity contribution in [1.29, 1.82) is 0 Å². The summed E-state index contributed by atoms with van der Waals surface area (Å²) in [4.78, 5) is 0. The van der Waals surface area contributed by atoms with Gasteiger partial charge in [-0.3, -0.25) is 0 Å². The van der Waals surface area contributed by atoms with Crippen molar-refractivity contribution < 1.29 is 0 Å². The number of terminal acetylenes is 1. The van der Waals surface area contributed by atoms with Crippen LogP contribution in [0.25, 0.3) is 0 Å². The summed E-state index contributed by atoms with van der Waals surface area (Å²) in [5, 5.41) is 2.92. The Balaban J connectivity index is -0.0000000899. The lowest BCUT2D eigenvalue weighted by Gasteiger charge is -1.94. The van der Waals surface area contributed by atoms with Crippen molar-refractivity contribution >= 4 is 0 Å². The fourth-order valence-electron chi connectivity index (χ4n) is 0.425. The Morgan fingerprint density at radius 1 is 1.40 bits per heavy atom. The van der Waals surface area contributed by atoms with Crippen molar-refractivity contribution in [1.82, 2.24) is 5.32 Å². The molecule has 0 aliphatic heterocycles. The molecule has 0 atom stereocenters. The van der Waals surface area contributed by atoms with Gasteiger partial charge in [-0.15, -0.1) is 6.42 Å². The molecule has 0 aromatic rings. The number of nitrogens with two attached hydrogens (primary N) is 2. The van der Waals surface area contributed by atoms with Gasteiger partial charge in [0.25, 0.3) is 0 Å². The van der Waals surface area contributed by atoms with E-state index in [4.69, 9.17) is 11.5 Å². The minimum Gasteiger partial charge on any atom is -0.405 e. The van der Waals surface area contributed by atoms with E-state index in [0.29, 0.717) is 0 Å². The van der Waals surface area contributed by atoms with Crippen molar-refractivity contribution in [2.45, 2.75) is 34.1 Å². The zero-order valence-electron chi connectivity index (χ0n) is 13.9. The van der Waals surface area contributed by atoms with Gasteiger partial charge in [0.05, 0.1) is 0 Å². The summed E-state index contributed by atoms with van der Waals surface area (Å²) < 4.78 is 0. The Bertz CT molecular complexity index is 288. The lowest BCUT2D eigenvalue weighted by Crippen LogP contribution is -2.01. The molecule has 0 rings (SSSR count). The van der Waals surface area contributed by atoms with Crippen LogP contribution in [0.15, 0.2) is 48.9 Å². The smallest absolute Gasteiger partial charge is 0.00300 e. The quantitative estimate of drug-likeness (QED) is 0.548. The first kappa shape index (κ1) is 26.6. The molecule has 0 aromatic carbocycles. The van der Waals surface area contributed by atoms with Crippen LogP contribution >= 0.6 is 0 Å². The van der Waals surface area contributed by atoms with Crippen LogP contribution in [0.1, 0.15) is 34.1 Å². The van der Waals surface area contributed by atoms with Gasteiger partial charge in [0.15, 0.2) is 0 Å². The van der Waals surface area contributed by atoms with Crippen LogP contribution in [0.4, 0.5) is 0 Å². The van der Waals surface area contributed by atoms with E-state index in [-0.39, 0.29) is 0 Å². The largest absolute Gasteiger partial charge is 0.405 e. The van der Waals surface area contributed by atoms with E-state index in [0.717, 1.165) is 18.7 Å². The second-order valence-electron chi connectivity index (χ2n) is 3.38. The van der Waals surface area contributed by atoms with Crippen LogP contribution in [0.3, 0.4) is 0 Å². The molecule has 0 spiro atoms. The maximum atomic E-state index is 5.08. The van der Waals surface area contributed by atoms with Gasteiger partial charge in [-0.2, -0.15) is 0 Å². The predicted molar refractivity (Wildman–Crippen MR) is 95.0 cm³/mol. The molecule has 3 heteroatoms. The van der Waals surface area contributed by atoms with E-state index < -0.39 is 0 Å². The van der Waals surface area contributed by atoms with Gasteiger partial charge in [0, 0.05) is 12.7 Å². The number of hydrogen-bond acceptors (Lipinski definition) is 3. The van der Waals surface area contributed by atoms with Crippen molar-refractivity contribution in [3.63, 3.8) is 0 Å².